The van der Waals surface area contributed by atoms with Crippen molar-refractivity contribution in [3.63, 3.8) is 0 Å². The van der Waals surface area contributed by atoms with Crippen LogP contribution in [0, 0.1) is 0 Å². The number of rotatable bonds is 10. The summed E-state index contributed by atoms with van der Waals surface area (Å²) < 4.78 is 18.4. The highest BCUT2D eigenvalue weighted by Crippen LogP contribution is 2.47. The zero-order valence-electron chi connectivity index (χ0n) is 25.9. The average molecular weight is 634 g/mol. The van der Waals surface area contributed by atoms with Crippen LogP contribution in [0.3, 0.4) is 0 Å². The number of nitrogens with one attached hydrogen (secondary N) is 1. The molecule has 4 aromatic carbocycles. The van der Waals surface area contributed by atoms with Crippen LogP contribution < -0.4 is 20.5 Å². The summed E-state index contributed by atoms with van der Waals surface area (Å²) in [6.45, 7) is 0. The van der Waals surface area contributed by atoms with Crippen LogP contribution in [0.15, 0.2) is 126 Å². The second kappa shape index (κ2) is 13.6. The van der Waals surface area contributed by atoms with Gasteiger partial charge in [0.15, 0.2) is 0 Å². The van der Waals surface area contributed by atoms with E-state index < -0.39 is 41.6 Å². The topological polar surface area (TPSA) is 132 Å². The minimum absolute atomic E-state index is 0.0229. The third-order valence-electron chi connectivity index (χ3n) is 8.63. The summed E-state index contributed by atoms with van der Waals surface area (Å²) in [7, 11) is 3.17. The molecular formula is C37H35N3O7. The molecule has 1 aliphatic rings. The van der Waals surface area contributed by atoms with E-state index in [9.17, 15) is 19.8 Å². The lowest BCUT2D eigenvalue weighted by Crippen LogP contribution is -2.51. The van der Waals surface area contributed by atoms with Crippen molar-refractivity contribution in [1.82, 2.24) is 9.55 Å². The number of aliphatic hydroxyl groups is 2. The molecule has 10 heteroatoms. The number of aromatic nitrogens is 2. The summed E-state index contributed by atoms with van der Waals surface area (Å²) in [5.74, 6) is 0.970. The molecule has 6 rings (SSSR count). The highest BCUT2D eigenvalue weighted by atomic mass is 16.5. The molecule has 3 N–H and O–H groups in total. The van der Waals surface area contributed by atoms with E-state index in [1.807, 2.05) is 78.9 Å². The van der Waals surface area contributed by atoms with Gasteiger partial charge in [-0.25, -0.2) is 4.79 Å². The smallest absolute Gasteiger partial charge is 0.351 e. The van der Waals surface area contributed by atoms with Crippen molar-refractivity contribution < 1.29 is 29.2 Å². The van der Waals surface area contributed by atoms with Crippen molar-refractivity contribution >= 4 is 11.7 Å². The van der Waals surface area contributed by atoms with E-state index in [1.165, 1.54) is 16.8 Å². The molecule has 0 saturated carbocycles. The van der Waals surface area contributed by atoms with E-state index in [4.69, 9.17) is 14.2 Å². The van der Waals surface area contributed by atoms with Gasteiger partial charge >= 0.3 is 5.69 Å². The Morgan fingerprint density at radius 3 is 1.91 bits per heavy atom. The molecule has 10 nitrogen and oxygen atoms in total. The number of hydrogen-bond acceptors (Lipinski definition) is 8. The van der Waals surface area contributed by atoms with Gasteiger partial charge in [0.2, 0.25) is 0 Å². The Morgan fingerprint density at radius 1 is 0.851 bits per heavy atom. The molecule has 4 atom stereocenters. The third kappa shape index (κ3) is 6.14. The fourth-order valence-corrected chi connectivity index (χ4v) is 6.28. The normalized spacial score (nSPS) is 18.3. The van der Waals surface area contributed by atoms with Gasteiger partial charge in [0.05, 0.1) is 25.7 Å². The standard InChI is InChI=1S/C37H35N3O7/c1-45-28-17-13-26(14-18-28)37(25-11-7-4-8-12-25,27-15-19-29(46-2)20-16-27)34(42)33-30(41)23-32(47-33)40-22-21-31(39-36(40)44)38-35(43)24-9-5-3-6-10-24/h3-22,30,32-34,41-42H,23H2,1-2H3,(H,38,39,43,44)/t30-,32+,33-,34?/m0/s1. The predicted octanol–water partition coefficient (Wildman–Crippen LogP) is 4.56. The maximum atomic E-state index is 13.2. The van der Waals surface area contributed by atoms with Gasteiger partial charge in [-0.3, -0.25) is 9.36 Å². The Morgan fingerprint density at radius 2 is 1.38 bits per heavy atom. The van der Waals surface area contributed by atoms with Crippen LogP contribution in [0.2, 0.25) is 0 Å². The molecule has 1 saturated heterocycles. The Labute approximate surface area is 271 Å². The number of carbonyl (C=O) groups excluding carboxylic acids is 1. The van der Waals surface area contributed by atoms with E-state index >= 15 is 0 Å². The van der Waals surface area contributed by atoms with Crippen LogP contribution in [-0.4, -0.2) is 58.2 Å². The van der Waals surface area contributed by atoms with Gasteiger partial charge in [0.25, 0.3) is 5.91 Å². The summed E-state index contributed by atoms with van der Waals surface area (Å²) in [5, 5.41) is 26.6. The monoisotopic (exact) mass is 633 g/mol. The van der Waals surface area contributed by atoms with Crippen molar-refractivity contribution in [2.45, 2.75) is 36.4 Å². The highest BCUT2D eigenvalue weighted by molar-refractivity contribution is 6.03. The molecule has 1 fully saturated rings. The van der Waals surface area contributed by atoms with Crippen molar-refractivity contribution in [3.05, 3.63) is 154 Å². The fourth-order valence-electron chi connectivity index (χ4n) is 6.28. The second-order valence-corrected chi connectivity index (χ2v) is 11.3. The van der Waals surface area contributed by atoms with Crippen LogP contribution in [0.4, 0.5) is 5.82 Å². The zero-order valence-corrected chi connectivity index (χ0v) is 25.9. The summed E-state index contributed by atoms with van der Waals surface area (Å²) in [6, 6.07) is 34.4. The number of aliphatic hydroxyl groups excluding tert-OH is 2. The van der Waals surface area contributed by atoms with Crippen molar-refractivity contribution in [2.24, 2.45) is 0 Å². The van der Waals surface area contributed by atoms with Crippen LogP contribution >= 0.6 is 0 Å². The first kappa shape index (κ1) is 31.7. The molecule has 1 aromatic heterocycles. The molecule has 240 valence electrons. The van der Waals surface area contributed by atoms with Crippen molar-refractivity contribution in [1.29, 1.82) is 0 Å². The molecule has 1 unspecified atom stereocenters. The Hall–Kier alpha value is -5.29. The highest BCUT2D eigenvalue weighted by Gasteiger charge is 2.52. The molecule has 1 aliphatic heterocycles. The minimum Gasteiger partial charge on any atom is -0.497 e. The maximum absolute atomic E-state index is 13.2. The molecule has 0 spiro atoms. The summed E-state index contributed by atoms with van der Waals surface area (Å²) in [4.78, 5) is 29.8. The number of methoxy groups -OCH3 is 2. The maximum Gasteiger partial charge on any atom is 0.351 e. The summed E-state index contributed by atoms with van der Waals surface area (Å²) >= 11 is 0. The molecular weight excluding hydrogens is 598 g/mol. The van der Waals surface area contributed by atoms with Crippen LogP contribution in [0.5, 0.6) is 11.5 Å². The molecule has 5 aromatic rings. The summed E-state index contributed by atoms with van der Waals surface area (Å²) in [5.41, 5.74) is 0.753. The van der Waals surface area contributed by atoms with Gasteiger partial charge in [-0.1, -0.05) is 72.8 Å². The number of anilines is 1. The summed E-state index contributed by atoms with van der Waals surface area (Å²) in [6.07, 6.45) is -3.04. The molecule has 47 heavy (non-hydrogen) atoms. The second-order valence-electron chi connectivity index (χ2n) is 11.3. The quantitative estimate of drug-likeness (QED) is 0.191. The van der Waals surface area contributed by atoms with Crippen molar-refractivity contribution in [2.75, 3.05) is 19.5 Å². The molecule has 1 amide bonds. The lowest BCUT2D eigenvalue weighted by atomic mass is 9.64. The lowest BCUT2D eigenvalue weighted by molar-refractivity contribution is -0.0976. The van der Waals surface area contributed by atoms with E-state index in [0.29, 0.717) is 17.1 Å². The SMILES string of the molecule is COc1ccc(C(c2ccccc2)(c2ccc(OC)cc2)C(O)[C@H]2O[C@@H](n3ccc(NC(=O)c4ccccc4)nc3=O)C[C@@H]2O)cc1. The van der Waals surface area contributed by atoms with E-state index in [1.54, 1.807) is 44.6 Å². The molecule has 2 heterocycles. The van der Waals surface area contributed by atoms with Gasteiger partial charge in [-0.15, -0.1) is 0 Å². The van der Waals surface area contributed by atoms with Crippen LogP contribution in [-0.2, 0) is 10.2 Å². The van der Waals surface area contributed by atoms with Crippen molar-refractivity contribution in [3.8, 4) is 11.5 Å². The van der Waals surface area contributed by atoms with Gasteiger partial charge < -0.3 is 29.7 Å². The first-order valence-corrected chi connectivity index (χ1v) is 15.2. The number of benzene rings is 4. The zero-order chi connectivity index (χ0) is 33.0. The third-order valence-corrected chi connectivity index (χ3v) is 8.63. The molecule has 0 aliphatic carbocycles. The molecule has 0 bridgehead atoms. The average Bonchev–Trinajstić information content (AvgIpc) is 3.50. The Balaban J connectivity index is 1.36. The van der Waals surface area contributed by atoms with E-state index in [-0.39, 0.29) is 12.2 Å². The fraction of sp³-hybridized carbons (Fsp3) is 0.216. The van der Waals surface area contributed by atoms with Gasteiger partial charge in [0.1, 0.15) is 35.8 Å². The van der Waals surface area contributed by atoms with E-state index in [2.05, 4.69) is 10.3 Å². The molecule has 0 radical (unpaired) electrons. The lowest BCUT2D eigenvalue weighted by Gasteiger charge is -2.43. The van der Waals surface area contributed by atoms with Crippen LogP contribution in [0.1, 0.15) is 39.7 Å². The number of ether oxygens (including phenoxy) is 3. The largest absolute Gasteiger partial charge is 0.497 e. The van der Waals surface area contributed by atoms with Gasteiger partial charge in [-0.05, 0) is 59.2 Å². The first-order chi connectivity index (χ1) is 22.8. The first-order valence-electron chi connectivity index (χ1n) is 15.2. The minimum atomic E-state index is -1.33. The Bertz CT molecular complexity index is 1820. The number of hydrogen-bond donors (Lipinski definition) is 3. The number of amides is 1. The predicted molar refractivity (Wildman–Crippen MR) is 176 cm³/mol. The van der Waals surface area contributed by atoms with Crippen LogP contribution in [0.25, 0.3) is 0 Å². The van der Waals surface area contributed by atoms with E-state index in [0.717, 1.165) is 16.7 Å². The number of nitrogens with zero attached hydrogens (tertiary/aromatic N) is 2. The Kier molecular flexibility index (Phi) is 9.17. The van der Waals surface area contributed by atoms with Gasteiger partial charge in [0, 0.05) is 18.2 Å². The number of carbonyl (C=O) groups is 1. The van der Waals surface area contributed by atoms with Gasteiger partial charge in [-0.2, -0.15) is 4.98 Å².